The van der Waals surface area contributed by atoms with Gasteiger partial charge in [-0.05, 0) is 25.9 Å². The highest BCUT2D eigenvalue weighted by Crippen LogP contribution is 2.06. The zero-order valence-corrected chi connectivity index (χ0v) is 13.6. The van der Waals surface area contributed by atoms with Crippen LogP contribution < -0.4 is 11.1 Å². The van der Waals surface area contributed by atoms with Crippen LogP contribution in [0.2, 0.25) is 0 Å². The Labute approximate surface area is 133 Å². The number of ether oxygens (including phenoxy) is 5. The van der Waals surface area contributed by atoms with Crippen LogP contribution in [-0.4, -0.2) is 85.2 Å². The fourth-order valence-electron chi connectivity index (χ4n) is 2.08. The van der Waals surface area contributed by atoms with E-state index in [1.54, 1.807) is 0 Å². The summed E-state index contributed by atoms with van der Waals surface area (Å²) in [6.07, 6.45) is 2.59. The van der Waals surface area contributed by atoms with Crippen LogP contribution in [-0.2, 0) is 23.7 Å². The first-order valence-corrected chi connectivity index (χ1v) is 8.27. The molecule has 0 unspecified atom stereocenters. The normalized spacial score (nSPS) is 16.2. The molecule has 1 heterocycles. The van der Waals surface area contributed by atoms with Gasteiger partial charge < -0.3 is 34.7 Å². The summed E-state index contributed by atoms with van der Waals surface area (Å²) in [6.45, 7) is 8.02. The molecule has 0 amide bonds. The Morgan fingerprint density at radius 2 is 1.14 bits per heavy atom. The lowest BCUT2D eigenvalue weighted by Gasteiger charge is -2.22. The highest BCUT2D eigenvalue weighted by molar-refractivity contribution is 4.67. The van der Waals surface area contributed by atoms with E-state index in [1.165, 1.54) is 0 Å². The molecule has 7 nitrogen and oxygen atoms in total. The maximum atomic E-state index is 5.74. The van der Waals surface area contributed by atoms with Crippen molar-refractivity contribution >= 4 is 0 Å². The third-order valence-corrected chi connectivity index (χ3v) is 3.25. The lowest BCUT2D eigenvalue weighted by atomic mass is 10.1. The van der Waals surface area contributed by atoms with Crippen molar-refractivity contribution in [2.24, 2.45) is 5.73 Å². The Bertz CT molecular complexity index is 228. The van der Waals surface area contributed by atoms with Gasteiger partial charge in [0, 0.05) is 6.54 Å². The minimum absolute atomic E-state index is 0.395. The summed E-state index contributed by atoms with van der Waals surface area (Å²) >= 11 is 0. The molecular weight excluding hydrogens is 288 g/mol. The average Bonchev–Trinajstić information content (AvgIpc) is 2.56. The van der Waals surface area contributed by atoms with Gasteiger partial charge in [0.05, 0.1) is 65.6 Å². The second-order valence-corrected chi connectivity index (χ2v) is 5.06. The molecule has 1 saturated heterocycles. The zero-order valence-electron chi connectivity index (χ0n) is 13.6. The predicted molar refractivity (Wildman–Crippen MR) is 84.2 cm³/mol. The van der Waals surface area contributed by atoms with Gasteiger partial charge in [0.25, 0.3) is 0 Å². The van der Waals surface area contributed by atoms with E-state index in [-0.39, 0.29) is 0 Å². The molecule has 132 valence electrons. The first-order chi connectivity index (χ1) is 10.9. The quantitative estimate of drug-likeness (QED) is 0.404. The molecule has 0 aromatic heterocycles. The fourth-order valence-corrected chi connectivity index (χ4v) is 2.08. The number of nitrogens with two attached hydrogens (primary N) is 1. The summed E-state index contributed by atoms with van der Waals surface area (Å²) < 4.78 is 27.1. The maximum absolute atomic E-state index is 5.74. The van der Waals surface area contributed by atoms with Crippen LogP contribution in [0.1, 0.15) is 12.8 Å². The first kappa shape index (κ1) is 19.8. The second-order valence-electron chi connectivity index (χ2n) is 5.06. The lowest BCUT2D eigenvalue weighted by Crippen LogP contribution is -2.33. The molecule has 1 aliphatic heterocycles. The number of piperidine rings is 1. The molecule has 3 N–H and O–H groups in total. The molecule has 0 spiro atoms. The fraction of sp³-hybridized carbons (Fsp3) is 1.00. The topological polar surface area (TPSA) is 84.2 Å². The molecule has 0 aromatic carbocycles. The number of hydrogen-bond donors (Lipinski definition) is 2. The molecule has 1 aliphatic rings. The minimum atomic E-state index is 0.395. The van der Waals surface area contributed by atoms with Crippen LogP contribution in [0.5, 0.6) is 0 Å². The maximum Gasteiger partial charge on any atom is 0.0704 e. The van der Waals surface area contributed by atoms with Crippen LogP contribution in [0.15, 0.2) is 0 Å². The lowest BCUT2D eigenvalue weighted by molar-refractivity contribution is -0.0278. The molecule has 0 saturated carbocycles. The third kappa shape index (κ3) is 12.3. The van der Waals surface area contributed by atoms with Crippen molar-refractivity contribution in [3.05, 3.63) is 0 Å². The van der Waals surface area contributed by atoms with Gasteiger partial charge in [-0.3, -0.25) is 0 Å². The molecule has 0 aliphatic carbocycles. The van der Waals surface area contributed by atoms with E-state index >= 15 is 0 Å². The number of hydrogen-bond acceptors (Lipinski definition) is 7. The van der Waals surface area contributed by atoms with Crippen molar-refractivity contribution in [1.29, 1.82) is 0 Å². The van der Waals surface area contributed by atoms with Gasteiger partial charge in [0.2, 0.25) is 0 Å². The largest absolute Gasteiger partial charge is 0.378 e. The Hall–Kier alpha value is -0.280. The average molecular weight is 320 g/mol. The van der Waals surface area contributed by atoms with Crippen LogP contribution >= 0.6 is 0 Å². The summed E-state index contributed by atoms with van der Waals surface area (Å²) in [5.74, 6) is 0. The van der Waals surface area contributed by atoms with Gasteiger partial charge in [-0.2, -0.15) is 0 Å². The van der Waals surface area contributed by atoms with Crippen molar-refractivity contribution in [2.45, 2.75) is 18.9 Å². The van der Waals surface area contributed by atoms with Gasteiger partial charge >= 0.3 is 0 Å². The first-order valence-electron chi connectivity index (χ1n) is 8.27. The molecular formula is C15H32N2O5. The van der Waals surface area contributed by atoms with E-state index in [1.807, 2.05) is 0 Å². The summed E-state index contributed by atoms with van der Waals surface area (Å²) in [5.41, 5.74) is 5.30. The highest BCUT2D eigenvalue weighted by atomic mass is 16.6. The van der Waals surface area contributed by atoms with E-state index in [0.717, 1.165) is 25.9 Å². The molecule has 22 heavy (non-hydrogen) atoms. The van der Waals surface area contributed by atoms with Gasteiger partial charge in [0.15, 0.2) is 0 Å². The third-order valence-electron chi connectivity index (χ3n) is 3.25. The summed E-state index contributed by atoms with van der Waals surface area (Å²) in [7, 11) is 0. The van der Waals surface area contributed by atoms with Gasteiger partial charge in [0.1, 0.15) is 0 Å². The molecule has 7 heteroatoms. The van der Waals surface area contributed by atoms with Gasteiger partial charge in [-0.25, -0.2) is 0 Å². The highest BCUT2D eigenvalue weighted by Gasteiger charge is 2.12. The zero-order chi connectivity index (χ0) is 15.7. The van der Waals surface area contributed by atoms with E-state index < -0.39 is 0 Å². The summed E-state index contributed by atoms with van der Waals surface area (Å²) in [6, 6.07) is 0. The van der Waals surface area contributed by atoms with Crippen molar-refractivity contribution < 1.29 is 23.7 Å². The van der Waals surface area contributed by atoms with Crippen molar-refractivity contribution in [1.82, 2.24) is 5.32 Å². The molecule has 1 rings (SSSR count). The SMILES string of the molecule is NCCOCCOCCOCCOCCOC1CCNCC1. The van der Waals surface area contributed by atoms with Crippen molar-refractivity contribution in [3.63, 3.8) is 0 Å². The van der Waals surface area contributed by atoms with Crippen molar-refractivity contribution in [3.8, 4) is 0 Å². The Morgan fingerprint density at radius 1 is 0.682 bits per heavy atom. The monoisotopic (exact) mass is 320 g/mol. The van der Waals surface area contributed by atoms with Crippen LogP contribution in [0.3, 0.4) is 0 Å². The Balaban J connectivity index is 1.68. The van der Waals surface area contributed by atoms with E-state index in [0.29, 0.717) is 72.1 Å². The summed E-state index contributed by atoms with van der Waals surface area (Å²) in [4.78, 5) is 0. The smallest absolute Gasteiger partial charge is 0.0704 e. The van der Waals surface area contributed by atoms with E-state index in [2.05, 4.69) is 5.32 Å². The van der Waals surface area contributed by atoms with Crippen LogP contribution in [0.25, 0.3) is 0 Å². The van der Waals surface area contributed by atoms with Crippen LogP contribution in [0.4, 0.5) is 0 Å². The number of rotatable bonds is 15. The molecule has 0 aromatic rings. The van der Waals surface area contributed by atoms with Crippen LogP contribution in [0, 0.1) is 0 Å². The minimum Gasteiger partial charge on any atom is -0.378 e. The molecule has 1 fully saturated rings. The van der Waals surface area contributed by atoms with Crippen molar-refractivity contribution in [2.75, 3.05) is 79.1 Å². The van der Waals surface area contributed by atoms with Gasteiger partial charge in [-0.1, -0.05) is 0 Å². The standard InChI is InChI=1S/C15H32N2O5/c16-3-6-18-7-8-19-9-10-20-11-12-21-13-14-22-15-1-4-17-5-2-15/h15,17H,1-14,16H2. The van der Waals surface area contributed by atoms with E-state index in [9.17, 15) is 0 Å². The molecule has 0 atom stereocenters. The predicted octanol–water partition coefficient (Wildman–Crippen LogP) is -0.220. The Kier molecular flexibility index (Phi) is 14.0. The van der Waals surface area contributed by atoms with E-state index in [4.69, 9.17) is 29.4 Å². The van der Waals surface area contributed by atoms with Gasteiger partial charge in [-0.15, -0.1) is 0 Å². The summed E-state index contributed by atoms with van der Waals surface area (Å²) in [5, 5.41) is 3.32. The number of nitrogens with one attached hydrogen (secondary N) is 1. The molecule has 0 radical (unpaired) electrons. The Morgan fingerprint density at radius 3 is 1.64 bits per heavy atom. The second kappa shape index (κ2) is 15.6. The molecule has 0 bridgehead atoms.